The van der Waals surface area contributed by atoms with Crippen molar-refractivity contribution >= 4 is 5.91 Å². The normalized spacial score (nSPS) is 17.6. The minimum absolute atomic E-state index is 0.154. The van der Waals surface area contributed by atoms with Gasteiger partial charge in [0.05, 0.1) is 23.5 Å². The number of alkyl halides is 3. The summed E-state index contributed by atoms with van der Waals surface area (Å²) in [6.45, 7) is 4.00. The lowest BCUT2D eigenvalue weighted by Crippen LogP contribution is -2.34. The van der Waals surface area contributed by atoms with Crippen molar-refractivity contribution in [1.29, 1.82) is 0 Å². The number of amides is 1. The monoisotopic (exact) mass is 407 g/mol. The smallest absolute Gasteiger partial charge is 0.343 e. The Hall–Kier alpha value is -2.42. The van der Waals surface area contributed by atoms with Crippen molar-refractivity contribution in [3.05, 3.63) is 46.8 Å². The molecule has 0 unspecified atom stereocenters. The zero-order valence-electron chi connectivity index (χ0n) is 16.2. The molecule has 0 saturated carbocycles. The zero-order chi connectivity index (χ0) is 20.4. The molecule has 0 radical (unpaired) electrons. The van der Waals surface area contributed by atoms with Crippen LogP contribution >= 0.6 is 0 Å². The van der Waals surface area contributed by atoms with Gasteiger partial charge in [-0.3, -0.25) is 9.69 Å². The first-order valence-electron chi connectivity index (χ1n) is 9.97. The number of benzene rings is 1. The van der Waals surface area contributed by atoms with E-state index < -0.39 is 11.7 Å². The fourth-order valence-corrected chi connectivity index (χ4v) is 4.03. The maximum absolute atomic E-state index is 13.0. The second-order valence-electron chi connectivity index (χ2n) is 7.70. The summed E-state index contributed by atoms with van der Waals surface area (Å²) in [6.07, 6.45) is -1.24. The van der Waals surface area contributed by atoms with Gasteiger partial charge in [-0.25, -0.2) is 4.68 Å². The van der Waals surface area contributed by atoms with Gasteiger partial charge in [-0.15, -0.1) is 5.10 Å². The lowest BCUT2D eigenvalue weighted by Gasteiger charge is -2.28. The van der Waals surface area contributed by atoms with Crippen LogP contribution in [0.2, 0.25) is 0 Å². The molecular weight excluding hydrogens is 383 g/mol. The second-order valence-corrected chi connectivity index (χ2v) is 7.70. The number of nitrogens with zero attached hydrogens (tertiary/aromatic N) is 5. The number of hydrogen-bond donors (Lipinski definition) is 0. The average Bonchev–Trinajstić information content (AvgIpc) is 3.36. The Morgan fingerprint density at radius 1 is 1.10 bits per heavy atom. The highest BCUT2D eigenvalue weighted by Gasteiger charge is 2.30. The van der Waals surface area contributed by atoms with E-state index in [0.29, 0.717) is 44.6 Å². The van der Waals surface area contributed by atoms with Crippen molar-refractivity contribution in [3.8, 4) is 0 Å². The number of aryl methyl sites for hydroxylation is 1. The minimum Gasteiger partial charge on any atom is -0.343 e. The first kappa shape index (κ1) is 19.9. The highest BCUT2D eigenvalue weighted by molar-refractivity contribution is 5.76. The Bertz CT molecular complexity index is 873. The molecule has 1 fully saturated rings. The van der Waals surface area contributed by atoms with Crippen molar-refractivity contribution in [1.82, 2.24) is 24.8 Å². The molecule has 156 valence electrons. The van der Waals surface area contributed by atoms with E-state index in [0.717, 1.165) is 43.4 Å². The Labute approximate surface area is 167 Å². The van der Waals surface area contributed by atoms with Crippen LogP contribution < -0.4 is 0 Å². The van der Waals surface area contributed by atoms with Crippen molar-refractivity contribution in [2.45, 2.75) is 51.5 Å². The van der Waals surface area contributed by atoms with Gasteiger partial charge in [0.15, 0.2) is 0 Å². The lowest BCUT2D eigenvalue weighted by molar-refractivity contribution is -0.137. The SMILES string of the molecule is O=C(CCc1nnn2c1CN(Cc1cccc(C(F)(F)F)c1)CC2)N1CCCC1. The van der Waals surface area contributed by atoms with E-state index in [2.05, 4.69) is 15.2 Å². The molecule has 0 aliphatic carbocycles. The molecule has 2 aliphatic rings. The van der Waals surface area contributed by atoms with E-state index in [9.17, 15) is 18.0 Å². The Balaban J connectivity index is 1.39. The van der Waals surface area contributed by atoms with Gasteiger partial charge in [-0.05, 0) is 24.5 Å². The summed E-state index contributed by atoms with van der Waals surface area (Å²) >= 11 is 0. The molecule has 1 saturated heterocycles. The van der Waals surface area contributed by atoms with E-state index in [-0.39, 0.29) is 5.91 Å². The molecule has 1 aromatic heterocycles. The molecule has 0 spiro atoms. The summed E-state index contributed by atoms with van der Waals surface area (Å²) in [5.41, 5.74) is 1.77. The van der Waals surface area contributed by atoms with Crippen LogP contribution in [0.1, 0.15) is 41.8 Å². The van der Waals surface area contributed by atoms with Gasteiger partial charge in [0.2, 0.25) is 5.91 Å². The highest BCUT2D eigenvalue weighted by atomic mass is 19.4. The number of carbonyl (C=O) groups is 1. The van der Waals surface area contributed by atoms with Crippen molar-refractivity contribution in [2.75, 3.05) is 19.6 Å². The van der Waals surface area contributed by atoms with E-state index in [1.807, 2.05) is 9.58 Å². The van der Waals surface area contributed by atoms with Crippen molar-refractivity contribution < 1.29 is 18.0 Å². The van der Waals surface area contributed by atoms with Crippen LogP contribution in [-0.2, 0) is 37.0 Å². The number of carbonyl (C=O) groups excluding carboxylic acids is 1. The molecule has 1 amide bonds. The Morgan fingerprint density at radius 3 is 2.66 bits per heavy atom. The van der Waals surface area contributed by atoms with Crippen LogP contribution in [0.25, 0.3) is 0 Å². The first-order valence-corrected chi connectivity index (χ1v) is 9.97. The quantitative estimate of drug-likeness (QED) is 0.765. The number of hydrogen-bond acceptors (Lipinski definition) is 4. The largest absolute Gasteiger partial charge is 0.416 e. The van der Waals surface area contributed by atoms with Crippen LogP contribution in [-0.4, -0.2) is 50.3 Å². The van der Waals surface area contributed by atoms with Gasteiger partial charge in [-0.1, -0.05) is 23.4 Å². The van der Waals surface area contributed by atoms with Gasteiger partial charge in [-0.2, -0.15) is 13.2 Å². The van der Waals surface area contributed by atoms with Crippen molar-refractivity contribution in [2.24, 2.45) is 0 Å². The van der Waals surface area contributed by atoms with Crippen LogP contribution in [0.3, 0.4) is 0 Å². The summed E-state index contributed by atoms with van der Waals surface area (Å²) in [5, 5.41) is 8.44. The van der Waals surface area contributed by atoms with Gasteiger partial charge < -0.3 is 4.90 Å². The highest BCUT2D eigenvalue weighted by Crippen LogP contribution is 2.30. The van der Waals surface area contributed by atoms with Crippen LogP contribution in [0.4, 0.5) is 13.2 Å². The van der Waals surface area contributed by atoms with Crippen LogP contribution in [0.5, 0.6) is 0 Å². The number of rotatable bonds is 5. The summed E-state index contributed by atoms with van der Waals surface area (Å²) in [7, 11) is 0. The average molecular weight is 407 g/mol. The Kier molecular flexibility index (Phi) is 5.58. The molecule has 3 heterocycles. The molecule has 0 bridgehead atoms. The third-order valence-electron chi connectivity index (χ3n) is 5.61. The summed E-state index contributed by atoms with van der Waals surface area (Å²) in [5.74, 6) is 0.154. The fourth-order valence-electron chi connectivity index (χ4n) is 4.03. The zero-order valence-corrected chi connectivity index (χ0v) is 16.2. The maximum Gasteiger partial charge on any atom is 0.416 e. The number of aromatic nitrogens is 3. The topological polar surface area (TPSA) is 54.3 Å². The van der Waals surface area contributed by atoms with E-state index >= 15 is 0 Å². The van der Waals surface area contributed by atoms with E-state index in [1.54, 1.807) is 6.07 Å². The Morgan fingerprint density at radius 2 is 1.90 bits per heavy atom. The third-order valence-corrected chi connectivity index (χ3v) is 5.61. The van der Waals surface area contributed by atoms with Gasteiger partial charge >= 0.3 is 6.18 Å². The number of likely N-dealkylation sites (tertiary alicyclic amines) is 1. The predicted octanol–water partition coefficient (Wildman–Crippen LogP) is 2.87. The predicted molar refractivity (Wildman–Crippen MR) is 99.7 cm³/mol. The summed E-state index contributed by atoms with van der Waals surface area (Å²) in [4.78, 5) is 16.3. The number of fused-ring (bicyclic) bond motifs is 1. The van der Waals surface area contributed by atoms with Crippen LogP contribution in [0, 0.1) is 0 Å². The fraction of sp³-hybridized carbons (Fsp3) is 0.550. The van der Waals surface area contributed by atoms with Gasteiger partial charge in [0, 0.05) is 45.6 Å². The van der Waals surface area contributed by atoms with Crippen LogP contribution in [0.15, 0.2) is 24.3 Å². The third kappa shape index (κ3) is 4.60. The van der Waals surface area contributed by atoms with E-state index in [1.165, 1.54) is 12.1 Å². The molecule has 29 heavy (non-hydrogen) atoms. The van der Waals surface area contributed by atoms with Gasteiger partial charge in [0.25, 0.3) is 0 Å². The first-order chi connectivity index (χ1) is 13.9. The lowest BCUT2D eigenvalue weighted by atomic mass is 10.1. The molecule has 1 aromatic carbocycles. The number of halogens is 3. The van der Waals surface area contributed by atoms with Gasteiger partial charge in [0.1, 0.15) is 0 Å². The molecule has 0 atom stereocenters. The summed E-state index contributed by atoms with van der Waals surface area (Å²) < 4.78 is 40.7. The molecular formula is C20H24F3N5O. The standard InChI is InChI=1S/C20H24F3N5O/c21-20(22,23)16-5-3-4-15(12-16)13-26-10-11-28-18(14-26)17(24-25-28)6-7-19(29)27-8-1-2-9-27/h3-5,12H,1-2,6-11,13-14H2. The summed E-state index contributed by atoms with van der Waals surface area (Å²) in [6, 6.07) is 5.46. The molecule has 4 rings (SSSR count). The minimum atomic E-state index is -4.34. The molecule has 2 aliphatic heterocycles. The van der Waals surface area contributed by atoms with E-state index in [4.69, 9.17) is 0 Å². The molecule has 6 nitrogen and oxygen atoms in total. The second kappa shape index (κ2) is 8.14. The van der Waals surface area contributed by atoms with Crippen molar-refractivity contribution in [3.63, 3.8) is 0 Å². The maximum atomic E-state index is 13.0. The molecule has 9 heteroatoms. The molecule has 0 N–H and O–H groups in total. The molecule has 2 aromatic rings.